The van der Waals surface area contributed by atoms with Crippen LogP contribution in [0.1, 0.15) is 65.2 Å². The average Bonchev–Trinajstić information content (AvgIpc) is 3.40. The van der Waals surface area contributed by atoms with Gasteiger partial charge in [-0.25, -0.2) is 0 Å². The van der Waals surface area contributed by atoms with E-state index < -0.39 is 12.0 Å². The summed E-state index contributed by atoms with van der Waals surface area (Å²) in [7, 11) is 6.36. The predicted octanol–water partition coefficient (Wildman–Crippen LogP) is 6.20. The molecule has 2 saturated heterocycles. The van der Waals surface area contributed by atoms with Crippen LogP contribution in [0.3, 0.4) is 0 Å². The van der Waals surface area contributed by atoms with Crippen molar-refractivity contribution in [1.82, 2.24) is 4.90 Å². The number of piperidine rings is 2. The Morgan fingerprint density at radius 1 is 0.787 bits per heavy atom. The molecule has 2 aliphatic heterocycles. The van der Waals surface area contributed by atoms with Gasteiger partial charge in [0.2, 0.25) is 11.8 Å². The summed E-state index contributed by atoms with van der Waals surface area (Å²) in [6.07, 6.45) is 3.95. The normalized spacial score (nSPS) is 21.4. The number of Topliss-reactive ketones (excluding diaryl/α,β-unsaturated/α-hetero) is 1. The molecule has 0 bridgehead atoms. The van der Waals surface area contributed by atoms with Crippen LogP contribution in [-0.4, -0.2) is 64.0 Å². The van der Waals surface area contributed by atoms with Gasteiger partial charge in [0.25, 0.3) is 0 Å². The van der Waals surface area contributed by atoms with Crippen LogP contribution in [0.4, 0.5) is 5.69 Å². The zero-order chi connectivity index (χ0) is 33.2. The third-order valence-corrected chi connectivity index (χ3v) is 10.2. The zero-order valence-electron chi connectivity index (χ0n) is 27.9. The second-order valence-corrected chi connectivity index (χ2v) is 12.9. The number of rotatable bonds is 9. The Morgan fingerprint density at radius 3 is 2.09 bits per heavy atom. The molecular weight excluding hydrogens is 596 g/mol. The smallest absolute Gasteiger partial charge is 0.228 e. The summed E-state index contributed by atoms with van der Waals surface area (Å²) in [5.74, 6) is 2.45. The van der Waals surface area contributed by atoms with Crippen LogP contribution in [0.25, 0.3) is 0 Å². The lowest BCUT2D eigenvalue weighted by molar-refractivity contribution is -0.139. The Hall–Kier alpha value is -4.53. The number of benzene rings is 3. The third kappa shape index (κ3) is 6.27. The molecule has 6 rings (SSSR count). The molecule has 3 aromatic carbocycles. The van der Waals surface area contributed by atoms with Crippen LogP contribution in [0.15, 0.2) is 54.6 Å². The minimum absolute atomic E-state index is 0.00568. The van der Waals surface area contributed by atoms with Gasteiger partial charge in [-0.05, 0) is 92.5 Å². The second kappa shape index (κ2) is 13.7. The molecule has 248 valence electrons. The van der Waals surface area contributed by atoms with Crippen molar-refractivity contribution in [2.75, 3.05) is 46.4 Å². The highest BCUT2D eigenvalue weighted by Gasteiger charge is 2.44. The maximum atomic E-state index is 14.4. The van der Waals surface area contributed by atoms with Crippen molar-refractivity contribution < 1.29 is 33.3 Å². The van der Waals surface area contributed by atoms with Gasteiger partial charge < -0.3 is 28.7 Å². The summed E-state index contributed by atoms with van der Waals surface area (Å²) in [4.78, 5) is 45.1. The molecule has 2 fully saturated rings. The summed E-state index contributed by atoms with van der Waals surface area (Å²) in [5, 5.41) is 0. The summed E-state index contributed by atoms with van der Waals surface area (Å²) in [6, 6.07) is 16.8. The maximum Gasteiger partial charge on any atom is 0.228 e. The molecule has 47 heavy (non-hydrogen) atoms. The van der Waals surface area contributed by atoms with Crippen LogP contribution in [0.2, 0.25) is 0 Å². The number of carbonyl (C=O) groups excluding carboxylic acids is 3. The molecule has 9 nitrogen and oxygen atoms in total. The molecule has 0 spiro atoms. The highest BCUT2D eigenvalue weighted by atomic mass is 16.5. The Morgan fingerprint density at radius 2 is 1.43 bits per heavy atom. The number of amides is 2. The fourth-order valence-corrected chi connectivity index (χ4v) is 7.69. The number of carbonyl (C=O) groups is 3. The van der Waals surface area contributed by atoms with E-state index in [-0.39, 0.29) is 23.5 Å². The molecule has 3 aromatic rings. The van der Waals surface area contributed by atoms with Crippen LogP contribution >= 0.6 is 0 Å². The first kappa shape index (κ1) is 32.4. The maximum absolute atomic E-state index is 14.4. The second-order valence-electron chi connectivity index (χ2n) is 12.9. The molecule has 3 unspecified atom stereocenters. The van der Waals surface area contributed by atoms with Gasteiger partial charge in [-0.1, -0.05) is 23.8 Å². The molecule has 0 N–H and O–H groups in total. The van der Waals surface area contributed by atoms with Crippen molar-refractivity contribution in [3.05, 3.63) is 76.9 Å². The van der Waals surface area contributed by atoms with Crippen molar-refractivity contribution in [1.29, 1.82) is 0 Å². The van der Waals surface area contributed by atoms with Gasteiger partial charge in [0.15, 0.2) is 28.8 Å². The molecule has 9 heteroatoms. The standard InChI is InChI=1S/C38H44N2O7/c1-23-6-9-28(10-7-23)40-35(41)13-11-29(36(40)25-8-12-31(44-2)32(20-25)45-3)38(43)39-16-14-24(15-17-39)18-27-19-26-21-33(46-4)34(47-5)22-30(26)37(27)42/h6-10,12,20-22,24,27,29,36H,11,13-19H2,1-5H3. The van der Waals surface area contributed by atoms with Crippen LogP contribution in [0.5, 0.6) is 23.0 Å². The topological polar surface area (TPSA) is 94.6 Å². The SMILES string of the molecule is COc1ccc(C2C(C(=O)N3CCC(CC4Cc5cc(OC)c(OC)cc5C4=O)CC3)CCC(=O)N2c2ccc(C)cc2)cc1OC. The van der Waals surface area contributed by atoms with Crippen molar-refractivity contribution in [3.63, 3.8) is 0 Å². The number of ether oxygens (including phenoxy) is 4. The first-order valence-electron chi connectivity index (χ1n) is 16.4. The van der Waals surface area contributed by atoms with E-state index in [9.17, 15) is 14.4 Å². The first-order chi connectivity index (χ1) is 22.8. The average molecular weight is 641 g/mol. The molecule has 3 aliphatic rings. The predicted molar refractivity (Wildman–Crippen MR) is 179 cm³/mol. The van der Waals surface area contributed by atoms with Gasteiger partial charge >= 0.3 is 0 Å². The Kier molecular flexibility index (Phi) is 9.43. The van der Waals surface area contributed by atoms with Crippen molar-refractivity contribution in [2.24, 2.45) is 17.8 Å². The van der Waals surface area contributed by atoms with Crippen molar-refractivity contribution >= 4 is 23.3 Å². The van der Waals surface area contributed by atoms with Crippen LogP contribution in [0, 0.1) is 24.7 Å². The number of hydrogen-bond donors (Lipinski definition) is 0. The van der Waals surface area contributed by atoms with E-state index in [2.05, 4.69) is 0 Å². The fraction of sp³-hybridized carbons (Fsp3) is 0.447. The van der Waals surface area contributed by atoms with Crippen LogP contribution in [-0.2, 0) is 16.0 Å². The highest BCUT2D eigenvalue weighted by Crippen LogP contribution is 2.44. The van der Waals surface area contributed by atoms with Gasteiger partial charge in [0.1, 0.15) is 0 Å². The molecule has 3 atom stereocenters. The van der Waals surface area contributed by atoms with Crippen molar-refractivity contribution in [3.8, 4) is 23.0 Å². The number of fused-ring (bicyclic) bond motifs is 1. The van der Waals surface area contributed by atoms with Gasteiger partial charge in [0.05, 0.1) is 40.4 Å². The van der Waals surface area contributed by atoms with Gasteiger partial charge in [-0.15, -0.1) is 0 Å². The summed E-state index contributed by atoms with van der Waals surface area (Å²) >= 11 is 0. The van der Waals surface area contributed by atoms with E-state index in [1.165, 1.54) is 0 Å². The number of likely N-dealkylation sites (tertiary alicyclic amines) is 1. The van der Waals surface area contributed by atoms with E-state index in [4.69, 9.17) is 18.9 Å². The van der Waals surface area contributed by atoms with E-state index in [0.717, 1.165) is 47.2 Å². The molecule has 2 heterocycles. The van der Waals surface area contributed by atoms with Gasteiger partial charge in [-0.2, -0.15) is 0 Å². The fourth-order valence-electron chi connectivity index (χ4n) is 7.69. The first-order valence-corrected chi connectivity index (χ1v) is 16.4. The lowest BCUT2D eigenvalue weighted by Crippen LogP contribution is -2.50. The minimum Gasteiger partial charge on any atom is -0.493 e. The number of ketones is 1. The number of anilines is 1. The Balaban J connectivity index is 1.19. The quantitative estimate of drug-likeness (QED) is 0.275. The van der Waals surface area contributed by atoms with E-state index in [1.807, 2.05) is 60.4 Å². The molecule has 0 radical (unpaired) electrons. The lowest BCUT2D eigenvalue weighted by Gasteiger charge is -2.43. The number of methoxy groups -OCH3 is 4. The summed E-state index contributed by atoms with van der Waals surface area (Å²) in [6.45, 7) is 3.28. The zero-order valence-corrected chi connectivity index (χ0v) is 27.9. The third-order valence-electron chi connectivity index (χ3n) is 10.2. The number of hydrogen-bond acceptors (Lipinski definition) is 7. The Labute approximate surface area is 276 Å². The van der Waals surface area contributed by atoms with E-state index >= 15 is 0 Å². The molecule has 1 aliphatic carbocycles. The van der Waals surface area contributed by atoms with Gasteiger partial charge in [0, 0.05) is 36.7 Å². The molecule has 2 amide bonds. The minimum atomic E-state index is -0.493. The summed E-state index contributed by atoms with van der Waals surface area (Å²) in [5.41, 5.74) is 4.44. The van der Waals surface area contributed by atoms with E-state index in [1.54, 1.807) is 39.4 Å². The van der Waals surface area contributed by atoms with Crippen LogP contribution < -0.4 is 23.8 Å². The molecule has 0 saturated carbocycles. The largest absolute Gasteiger partial charge is 0.493 e. The van der Waals surface area contributed by atoms with Gasteiger partial charge in [-0.3, -0.25) is 14.4 Å². The van der Waals surface area contributed by atoms with E-state index in [0.29, 0.717) is 61.3 Å². The Bertz CT molecular complexity index is 1640. The molecule has 0 aromatic heterocycles. The number of aryl methyl sites for hydroxylation is 1. The highest BCUT2D eigenvalue weighted by molar-refractivity contribution is 6.03. The monoisotopic (exact) mass is 640 g/mol. The lowest BCUT2D eigenvalue weighted by atomic mass is 9.81. The summed E-state index contributed by atoms with van der Waals surface area (Å²) < 4.78 is 22.0. The number of nitrogens with zero attached hydrogens (tertiary/aromatic N) is 2. The molecular formula is C38H44N2O7. The van der Waals surface area contributed by atoms with Crippen molar-refractivity contribution in [2.45, 2.75) is 51.5 Å².